The van der Waals surface area contributed by atoms with Crippen molar-refractivity contribution in [1.29, 1.82) is 0 Å². The quantitative estimate of drug-likeness (QED) is 0.825. The van der Waals surface area contributed by atoms with Gasteiger partial charge < -0.3 is 10.4 Å². The van der Waals surface area contributed by atoms with Crippen molar-refractivity contribution >= 4 is 5.91 Å². The first-order chi connectivity index (χ1) is 8.16. The summed E-state index contributed by atoms with van der Waals surface area (Å²) in [5, 5.41) is 12.6. The Hall–Kier alpha value is -1.51. The standard InChI is InChI=1S/C14H19NO2/c1-10-6-8-11(9-7-10)15-14(17)12-4-2-3-5-13(12)16/h2-5,10-11,16H,6-9H2,1H3,(H,15,17). The Morgan fingerprint density at radius 1 is 1.24 bits per heavy atom. The minimum absolute atomic E-state index is 0.0502. The second-order valence-electron chi connectivity index (χ2n) is 4.95. The molecule has 1 aliphatic rings. The molecule has 1 aromatic rings. The number of carbonyl (C=O) groups excluding carboxylic acids is 1. The highest BCUT2D eigenvalue weighted by Crippen LogP contribution is 2.24. The number of hydrogen-bond acceptors (Lipinski definition) is 2. The van der Waals surface area contributed by atoms with E-state index in [0.717, 1.165) is 18.8 Å². The van der Waals surface area contributed by atoms with E-state index in [9.17, 15) is 9.90 Å². The summed E-state index contributed by atoms with van der Waals surface area (Å²) >= 11 is 0. The second kappa shape index (κ2) is 5.21. The molecule has 17 heavy (non-hydrogen) atoms. The van der Waals surface area contributed by atoms with Crippen molar-refractivity contribution in [2.75, 3.05) is 0 Å². The number of benzene rings is 1. The van der Waals surface area contributed by atoms with Crippen molar-refractivity contribution in [2.24, 2.45) is 5.92 Å². The molecule has 2 rings (SSSR count). The van der Waals surface area contributed by atoms with Crippen LogP contribution in [0.4, 0.5) is 0 Å². The number of amides is 1. The summed E-state index contributed by atoms with van der Waals surface area (Å²) in [7, 11) is 0. The van der Waals surface area contributed by atoms with Gasteiger partial charge in [0.05, 0.1) is 5.56 Å². The molecule has 0 unspecified atom stereocenters. The maximum Gasteiger partial charge on any atom is 0.255 e. The molecular weight excluding hydrogens is 214 g/mol. The number of aromatic hydroxyl groups is 1. The van der Waals surface area contributed by atoms with Crippen molar-refractivity contribution in [3.05, 3.63) is 29.8 Å². The summed E-state index contributed by atoms with van der Waals surface area (Å²) in [6, 6.07) is 6.93. The molecule has 0 saturated heterocycles. The van der Waals surface area contributed by atoms with Crippen LogP contribution in [-0.4, -0.2) is 17.1 Å². The van der Waals surface area contributed by atoms with Crippen LogP contribution in [0.25, 0.3) is 0 Å². The van der Waals surface area contributed by atoms with Crippen LogP contribution in [0.1, 0.15) is 43.0 Å². The van der Waals surface area contributed by atoms with Gasteiger partial charge in [-0.3, -0.25) is 4.79 Å². The predicted molar refractivity (Wildman–Crippen MR) is 67.0 cm³/mol. The first-order valence-electron chi connectivity index (χ1n) is 6.25. The van der Waals surface area contributed by atoms with Crippen molar-refractivity contribution in [3.8, 4) is 5.75 Å². The number of phenols is 1. The Balaban J connectivity index is 1.96. The fourth-order valence-corrected chi connectivity index (χ4v) is 2.33. The van der Waals surface area contributed by atoms with Crippen LogP contribution in [0.15, 0.2) is 24.3 Å². The Kier molecular flexibility index (Phi) is 3.67. The van der Waals surface area contributed by atoms with Crippen molar-refractivity contribution in [3.63, 3.8) is 0 Å². The van der Waals surface area contributed by atoms with Gasteiger partial charge in [0.1, 0.15) is 5.75 Å². The fourth-order valence-electron chi connectivity index (χ4n) is 2.33. The third kappa shape index (κ3) is 2.99. The Morgan fingerprint density at radius 2 is 1.88 bits per heavy atom. The SMILES string of the molecule is CC1CCC(NC(=O)c2ccccc2O)CC1. The van der Waals surface area contributed by atoms with Crippen LogP contribution in [-0.2, 0) is 0 Å². The maximum absolute atomic E-state index is 11.9. The van der Waals surface area contributed by atoms with Gasteiger partial charge in [-0.15, -0.1) is 0 Å². The Morgan fingerprint density at radius 3 is 2.53 bits per heavy atom. The lowest BCUT2D eigenvalue weighted by molar-refractivity contribution is 0.0920. The van der Waals surface area contributed by atoms with Gasteiger partial charge >= 0.3 is 0 Å². The summed E-state index contributed by atoms with van der Waals surface area (Å²) < 4.78 is 0. The molecule has 92 valence electrons. The number of para-hydroxylation sites is 1. The molecule has 1 fully saturated rings. The molecule has 0 heterocycles. The smallest absolute Gasteiger partial charge is 0.255 e. The van der Waals surface area contributed by atoms with Gasteiger partial charge in [-0.2, -0.15) is 0 Å². The van der Waals surface area contributed by atoms with Gasteiger partial charge in [-0.05, 0) is 43.7 Å². The predicted octanol–water partition coefficient (Wildman–Crippen LogP) is 2.70. The Labute approximate surface area is 102 Å². The zero-order valence-corrected chi connectivity index (χ0v) is 10.1. The van der Waals surface area contributed by atoms with Crippen LogP contribution >= 0.6 is 0 Å². The average molecular weight is 233 g/mol. The van der Waals surface area contributed by atoms with Crippen LogP contribution in [0.5, 0.6) is 5.75 Å². The van der Waals surface area contributed by atoms with Gasteiger partial charge in [-0.1, -0.05) is 19.1 Å². The normalized spacial score (nSPS) is 24.3. The van der Waals surface area contributed by atoms with Gasteiger partial charge in [0, 0.05) is 6.04 Å². The summed E-state index contributed by atoms with van der Waals surface area (Å²) in [5.41, 5.74) is 0.367. The summed E-state index contributed by atoms with van der Waals surface area (Å²) in [5.74, 6) is 0.658. The molecule has 0 aromatic heterocycles. The van der Waals surface area contributed by atoms with E-state index in [1.165, 1.54) is 18.9 Å². The van der Waals surface area contributed by atoms with Crippen LogP contribution in [0.2, 0.25) is 0 Å². The van der Waals surface area contributed by atoms with E-state index in [1.807, 2.05) is 0 Å². The van der Waals surface area contributed by atoms with Crippen molar-refractivity contribution in [1.82, 2.24) is 5.32 Å². The molecule has 3 heteroatoms. The van der Waals surface area contributed by atoms with E-state index in [4.69, 9.17) is 0 Å². The highest BCUT2D eigenvalue weighted by atomic mass is 16.3. The molecule has 1 amide bonds. The molecule has 0 radical (unpaired) electrons. The van der Waals surface area contributed by atoms with E-state index in [2.05, 4.69) is 12.2 Å². The topological polar surface area (TPSA) is 49.3 Å². The van der Waals surface area contributed by atoms with Crippen molar-refractivity contribution in [2.45, 2.75) is 38.6 Å². The maximum atomic E-state index is 11.9. The lowest BCUT2D eigenvalue weighted by Crippen LogP contribution is -2.37. The molecule has 0 spiro atoms. The molecule has 0 aliphatic heterocycles. The van der Waals surface area contributed by atoms with Crippen LogP contribution < -0.4 is 5.32 Å². The Bertz CT molecular complexity index is 395. The summed E-state index contributed by atoms with van der Waals surface area (Å²) in [6.45, 7) is 2.25. The fraction of sp³-hybridized carbons (Fsp3) is 0.500. The number of rotatable bonds is 2. The van der Waals surface area contributed by atoms with E-state index >= 15 is 0 Å². The zero-order valence-electron chi connectivity index (χ0n) is 10.1. The number of phenolic OH excluding ortho intramolecular Hbond substituents is 1. The number of carbonyl (C=O) groups is 1. The first kappa shape index (κ1) is 12.0. The van der Waals surface area contributed by atoms with Crippen molar-refractivity contribution < 1.29 is 9.90 Å². The summed E-state index contributed by atoms with van der Waals surface area (Å²) in [6.07, 6.45) is 4.43. The number of hydrogen-bond donors (Lipinski definition) is 2. The lowest BCUT2D eigenvalue weighted by atomic mass is 9.87. The summed E-state index contributed by atoms with van der Waals surface area (Å²) in [4.78, 5) is 11.9. The minimum atomic E-state index is -0.164. The molecule has 3 nitrogen and oxygen atoms in total. The monoisotopic (exact) mass is 233 g/mol. The van der Waals surface area contributed by atoms with Gasteiger partial charge in [-0.25, -0.2) is 0 Å². The average Bonchev–Trinajstić information content (AvgIpc) is 2.32. The second-order valence-corrected chi connectivity index (χ2v) is 4.95. The third-order valence-electron chi connectivity index (χ3n) is 3.50. The molecular formula is C14H19NO2. The van der Waals surface area contributed by atoms with E-state index in [0.29, 0.717) is 5.56 Å². The molecule has 1 aromatic carbocycles. The highest BCUT2D eigenvalue weighted by molar-refractivity contribution is 5.96. The first-order valence-corrected chi connectivity index (χ1v) is 6.25. The number of nitrogens with one attached hydrogen (secondary N) is 1. The lowest BCUT2D eigenvalue weighted by Gasteiger charge is -2.26. The zero-order chi connectivity index (χ0) is 12.3. The van der Waals surface area contributed by atoms with E-state index in [-0.39, 0.29) is 17.7 Å². The minimum Gasteiger partial charge on any atom is -0.507 e. The van der Waals surface area contributed by atoms with E-state index in [1.54, 1.807) is 18.2 Å². The molecule has 0 atom stereocenters. The van der Waals surface area contributed by atoms with Gasteiger partial charge in [0.25, 0.3) is 5.91 Å². The molecule has 2 N–H and O–H groups in total. The molecule has 1 saturated carbocycles. The van der Waals surface area contributed by atoms with Gasteiger partial charge in [0.2, 0.25) is 0 Å². The third-order valence-corrected chi connectivity index (χ3v) is 3.50. The van der Waals surface area contributed by atoms with Crippen LogP contribution in [0, 0.1) is 5.92 Å². The highest BCUT2D eigenvalue weighted by Gasteiger charge is 2.21. The van der Waals surface area contributed by atoms with Gasteiger partial charge in [0.15, 0.2) is 0 Å². The van der Waals surface area contributed by atoms with Crippen LogP contribution in [0.3, 0.4) is 0 Å². The molecule has 0 bridgehead atoms. The largest absolute Gasteiger partial charge is 0.507 e. The van der Waals surface area contributed by atoms with E-state index < -0.39 is 0 Å². The molecule has 1 aliphatic carbocycles.